The molecular formula is C22H25N2O3+. The standard InChI is InChI=1S/C22H24N2O3/c1-24(2)20(21-9-6-14-26-21)15-23-22(25)18-12-10-17(11-13-18)16-27-19-7-4-3-5-8-19/h3-14,20H,15-16H2,1-2H3,(H,23,25)/p+1/t20-/m0/s1. The molecule has 0 saturated heterocycles. The first-order chi connectivity index (χ1) is 13.1. The molecule has 3 rings (SSSR count). The third-order valence-corrected chi connectivity index (χ3v) is 4.42. The fourth-order valence-corrected chi connectivity index (χ4v) is 2.81. The van der Waals surface area contributed by atoms with Crippen LogP contribution in [0.25, 0.3) is 0 Å². The van der Waals surface area contributed by atoms with Gasteiger partial charge in [-0.3, -0.25) is 4.79 Å². The largest absolute Gasteiger partial charge is 0.489 e. The van der Waals surface area contributed by atoms with Gasteiger partial charge in [-0.25, -0.2) is 0 Å². The molecule has 0 spiro atoms. The molecule has 3 aromatic rings. The van der Waals surface area contributed by atoms with Crippen molar-refractivity contribution in [2.24, 2.45) is 0 Å². The number of hydrogen-bond donors (Lipinski definition) is 2. The number of benzene rings is 2. The summed E-state index contributed by atoms with van der Waals surface area (Å²) in [4.78, 5) is 13.6. The van der Waals surface area contributed by atoms with Gasteiger partial charge in [0.05, 0.1) is 26.9 Å². The lowest BCUT2D eigenvalue weighted by Crippen LogP contribution is -3.07. The highest BCUT2D eigenvalue weighted by Crippen LogP contribution is 2.13. The summed E-state index contributed by atoms with van der Waals surface area (Å²) < 4.78 is 11.2. The first kappa shape index (κ1) is 18.7. The Morgan fingerprint density at radius 3 is 2.41 bits per heavy atom. The van der Waals surface area contributed by atoms with E-state index in [2.05, 4.69) is 5.32 Å². The molecule has 1 amide bonds. The number of hydrogen-bond acceptors (Lipinski definition) is 3. The van der Waals surface area contributed by atoms with Gasteiger partial charge in [-0.05, 0) is 42.0 Å². The van der Waals surface area contributed by atoms with Gasteiger partial charge in [0.1, 0.15) is 12.4 Å². The Morgan fingerprint density at radius 2 is 1.78 bits per heavy atom. The molecule has 2 N–H and O–H groups in total. The lowest BCUT2D eigenvalue weighted by Gasteiger charge is -2.19. The Bertz CT molecular complexity index is 828. The SMILES string of the molecule is C[NH+](C)[C@@H](CNC(=O)c1ccc(COc2ccccc2)cc1)c1ccco1. The molecule has 0 saturated carbocycles. The maximum Gasteiger partial charge on any atom is 0.251 e. The van der Waals surface area contributed by atoms with Crippen LogP contribution in [0.2, 0.25) is 0 Å². The first-order valence-corrected chi connectivity index (χ1v) is 9.02. The molecular weight excluding hydrogens is 340 g/mol. The second-order valence-corrected chi connectivity index (χ2v) is 6.65. The van der Waals surface area contributed by atoms with Crippen LogP contribution in [0.4, 0.5) is 0 Å². The lowest BCUT2D eigenvalue weighted by molar-refractivity contribution is -0.891. The summed E-state index contributed by atoms with van der Waals surface area (Å²) in [6.45, 7) is 0.976. The third kappa shape index (κ3) is 5.21. The van der Waals surface area contributed by atoms with Gasteiger partial charge in [0.25, 0.3) is 5.91 Å². The smallest absolute Gasteiger partial charge is 0.251 e. The van der Waals surface area contributed by atoms with Crippen molar-refractivity contribution in [3.8, 4) is 5.75 Å². The predicted molar refractivity (Wildman–Crippen MR) is 104 cm³/mol. The van der Waals surface area contributed by atoms with E-state index in [1.54, 1.807) is 6.26 Å². The molecule has 2 aromatic carbocycles. The number of likely N-dealkylation sites (N-methyl/N-ethyl adjacent to an activating group) is 1. The zero-order valence-corrected chi connectivity index (χ0v) is 15.6. The number of amides is 1. The second-order valence-electron chi connectivity index (χ2n) is 6.65. The number of para-hydroxylation sites is 1. The molecule has 1 aromatic heterocycles. The van der Waals surface area contributed by atoms with E-state index in [4.69, 9.17) is 9.15 Å². The summed E-state index contributed by atoms with van der Waals surface area (Å²) in [5.41, 5.74) is 1.65. The number of carbonyl (C=O) groups excluding carboxylic acids is 1. The number of carbonyl (C=O) groups is 1. The summed E-state index contributed by atoms with van der Waals surface area (Å²) in [6.07, 6.45) is 1.66. The van der Waals surface area contributed by atoms with Crippen molar-refractivity contribution in [1.29, 1.82) is 0 Å². The van der Waals surface area contributed by atoms with Gasteiger partial charge in [-0.2, -0.15) is 0 Å². The minimum atomic E-state index is -0.0941. The molecule has 5 heteroatoms. The van der Waals surface area contributed by atoms with Gasteiger partial charge in [0, 0.05) is 5.56 Å². The van der Waals surface area contributed by atoms with Gasteiger partial charge in [0.15, 0.2) is 11.8 Å². The Labute approximate surface area is 159 Å². The Hall–Kier alpha value is -3.05. The minimum Gasteiger partial charge on any atom is -0.489 e. The van der Waals surface area contributed by atoms with E-state index in [0.29, 0.717) is 18.7 Å². The number of ether oxygens (including phenoxy) is 1. The molecule has 27 heavy (non-hydrogen) atoms. The molecule has 1 heterocycles. The highest BCUT2D eigenvalue weighted by molar-refractivity contribution is 5.94. The van der Waals surface area contributed by atoms with Crippen LogP contribution in [-0.2, 0) is 6.61 Å². The van der Waals surface area contributed by atoms with Crippen LogP contribution in [-0.4, -0.2) is 26.5 Å². The fourth-order valence-electron chi connectivity index (χ4n) is 2.81. The summed E-state index contributed by atoms with van der Waals surface area (Å²) in [6, 6.07) is 21.0. The number of furan rings is 1. The summed E-state index contributed by atoms with van der Waals surface area (Å²) >= 11 is 0. The van der Waals surface area contributed by atoms with E-state index in [0.717, 1.165) is 17.1 Å². The van der Waals surface area contributed by atoms with Crippen molar-refractivity contribution in [2.75, 3.05) is 20.6 Å². The highest BCUT2D eigenvalue weighted by Gasteiger charge is 2.21. The van der Waals surface area contributed by atoms with E-state index >= 15 is 0 Å². The van der Waals surface area contributed by atoms with Gasteiger partial charge < -0.3 is 19.4 Å². The van der Waals surface area contributed by atoms with Crippen LogP contribution in [0.15, 0.2) is 77.4 Å². The van der Waals surface area contributed by atoms with E-state index in [1.165, 1.54) is 4.90 Å². The van der Waals surface area contributed by atoms with Crippen molar-refractivity contribution in [3.63, 3.8) is 0 Å². The van der Waals surface area contributed by atoms with Crippen LogP contribution in [0.3, 0.4) is 0 Å². The molecule has 0 aliphatic rings. The van der Waals surface area contributed by atoms with E-state index < -0.39 is 0 Å². The third-order valence-electron chi connectivity index (χ3n) is 4.42. The average Bonchev–Trinajstić information content (AvgIpc) is 3.22. The maximum atomic E-state index is 12.4. The Morgan fingerprint density at radius 1 is 1.04 bits per heavy atom. The van der Waals surface area contributed by atoms with Gasteiger partial charge >= 0.3 is 0 Å². The quantitative estimate of drug-likeness (QED) is 0.645. The molecule has 0 unspecified atom stereocenters. The van der Waals surface area contributed by atoms with Crippen LogP contribution < -0.4 is 15.0 Å². The molecule has 0 fully saturated rings. The fraction of sp³-hybridized carbons (Fsp3) is 0.227. The topological polar surface area (TPSA) is 55.9 Å². The van der Waals surface area contributed by atoms with Gasteiger partial charge in [0.2, 0.25) is 0 Å². The summed E-state index contributed by atoms with van der Waals surface area (Å²) in [5.74, 6) is 1.60. The van der Waals surface area contributed by atoms with E-state index in [-0.39, 0.29) is 11.9 Å². The zero-order chi connectivity index (χ0) is 19.1. The number of nitrogens with one attached hydrogen (secondary N) is 2. The monoisotopic (exact) mass is 365 g/mol. The summed E-state index contributed by atoms with van der Waals surface area (Å²) in [5, 5.41) is 2.99. The van der Waals surface area contributed by atoms with Crippen molar-refractivity contribution < 1.29 is 18.8 Å². The van der Waals surface area contributed by atoms with Crippen molar-refractivity contribution in [2.45, 2.75) is 12.6 Å². The number of rotatable bonds is 8. The predicted octanol–water partition coefficient (Wildman–Crippen LogP) is 2.47. The average molecular weight is 365 g/mol. The first-order valence-electron chi connectivity index (χ1n) is 9.02. The lowest BCUT2D eigenvalue weighted by atomic mass is 10.1. The molecule has 0 radical (unpaired) electrons. The van der Waals surface area contributed by atoms with Crippen LogP contribution >= 0.6 is 0 Å². The van der Waals surface area contributed by atoms with E-state index in [9.17, 15) is 4.79 Å². The molecule has 140 valence electrons. The zero-order valence-electron chi connectivity index (χ0n) is 15.6. The molecule has 5 nitrogen and oxygen atoms in total. The second kappa shape index (κ2) is 9.05. The molecule has 0 aliphatic carbocycles. The van der Waals surface area contributed by atoms with Crippen molar-refractivity contribution >= 4 is 5.91 Å². The summed E-state index contributed by atoms with van der Waals surface area (Å²) in [7, 11) is 4.09. The molecule has 0 bridgehead atoms. The van der Waals surface area contributed by atoms with Crippen LogP contribution in [0.1, 0.15) is 27.7 Å². The van der Waals surface area contributed by atoms with Gasteiger partial charge in [-0.15, -0.1) is 0 Å². The van der Waals surface area contributed by atoms with Crippen molar-refractivity contribution in [1.82, 2.24) is 5.32 Å². The molecule has 1 atom stereocenters. The highest BCUT2D eigenvalue weighted by atomic mass is 16.5. The van der Waals surface area contributed by atoms with Gasteiger partial charge in [-0.1, -0.05) is 30.3 Å². The normalized spacial score (nSPS) is 12.0. The number of quaternary nitrogens is 1. The van der Waals surface area contributed by atoms with E-state index in [1.807, 2.05) is 80.8 Å². The Kier molecular flexibility index (Phi) is 6.28. The van der Waals surface area contributed by atoms with Crippen molar-refractivity contribution in [3.05, 3.63) is 89.9 Å². The van der Waals surface area contributed by atoms with Crippen LogP contribution in [0, 0.1) is 0 Å². The maximum absolute atomic E-state index is 12.4. The Balaban J connectivity index is 1.54. The molecule has 0 aliphatic heterocycles. The van der Waals surface area contributed by atoms with Crippen LogP contribution in [0.5, 0.6) is 5.75 Å². The minimum absolute atomic E-state index is 0.0718.